The second-order valence-electron chi connectivity index (χ2n) is 3.62. The van der Waals surface area contributed by atoms with Crippen LogP contribution < -0.4 is 10.1 Å². The summed E-state index contributed by atoms with van der Waals surface area (Å²) < 4.78 is 42.5. The van der Waals surface area contributed by atoms with E-state index in [1.807, 2.05) is 0 Å². The molecule has 0 aliphatic heterocycles. The van der Waals surface area contributed by atoms with Crippen LogP contribution in [0.4, 0.5) is 19.1 Å². The molecule has 2 aromatic rings. The Morgan fingerprint density at radius 3 is 2.85 bits per heavy atom. The van der Waals surface area contributed by atoms with E-state index in [1.54, 1.807) is 0 Å². The van der Waals surface area contributed by atoms with Gasteiger partial charge in [-0.3, -0.25) is 14.8 Å². The van der Waals surface area contributed by atoms with Crippen LogP contribution in [0, 0.1) is 0 Å². The van der Waals surface area contributed by atoms with Crippen molar-refractivity contribution in [3.63, 3.8) is 0 Å². The summed E-state index contributed by atoms with van der Waals surface area (Å²) in [4.78, 5) is 15.3. The second-order valence-corrected chi connectivity index (χ2v) is 3.62. The van der Waals surface area contributed by atoms with Crippen molar-refractivity contribution in [1.29, 1.82) is 0 Å². The Morgan fingerprint density at radius 1 is 1.55 bits per heavy atom. The molecule has 11 heteroatoms. The van der Waals surface area contributed by atoms with E-state index in [2.05, 4.69) is 30.3 Å². The van der Waals surface area contributed by atoms with E-state index in [0.717, 1.165) is 16.9 Å². The molecule has 0 aliphatic carbocycles. The number of aromatic amines is 1. The van der Waals surface area contributed by atoms with E-state index in [-0.39, 0.29) is 18.5 Å². The molecule has 8 nitrogen and oxygen atoms in total. The number of aromatic nitrogens is 5. The molecule has 0 bridgehead atoms. The molecule has 1 amide bonds. The lowest BCUT2D eigenvalue weighted by molar-refractivity contribution is -0.141. The summed E-state index contributed by atoms with van der Waals surface area (Å²) in [5.74, 6) is -0.587. The number of nitrogens with one attached hydrogen (secondary N) is 2. The van der Waals surface area contributed by atoms with Crippen LogP contribution in [0.5, 0.6) is 6.01 Å². The molecule has 0 atom stereocenters. The summed E-state index contributed by atoms with van der Waals surface area (Å²) in [6.07, 6.45) is -3.48. The molecule has 2 N–H and O–H groups in total. The first-order valence-corrected chi connectivity index (χ1v) is 5.25. The van der Waals surface area contributed by atoms with Crippen LogP contribution in [0.3, 0.4) is 0 Å². The number of ether oxygens (including phenoxy) is 1. The van der Waals surface area contributed by atoms with Crippen molar-refractivity contribution in [1.82, 2.24) is 25.0 Å². The van der Waals surface area contributed by atoms with Gasteiger partial charge in [-0.15, -0.1) is 5.10 Å². The molecule has 0 spiro atoms. The Kier molecular flexibility index (Phi) is 3.59. The minimum absolute atomic E-state index is 0.0232. The van der Waals surface area contributed by atoms with Gasteiger partial charge in [0.15, 0.2) is 5.69 Å². The number of halogens is 3. The second kappa shape index (κ2) is 5.19. The van der Waals surface area contributed by atoms with Crippen LogP contribution >= 0.6 is 0 Å². The fraction of sp³-hybridized carbons (Fsp3) is 0.333. The van der Waals surface area contributed by atoms with E-state index in [9.17, 15) is 18.0 Å². The highest BCUT2D eigenvalue weighted by Crippen LogP contribution is 2.27. The van der Waals surface area contributed by atoms with Crippen LogP contribution in [-0.2, 0) is 17.5 Å². The number of alkyl halides is 3. The SMILES string of the molecule is COc1n[nH]c(NC(=O)Cn2ccc(C(F)(F)F)n2)n1. The Bertz CT molecular complexity index is 605. The zero-order chi connectivity index (χ0) is 14.8. The van der Waals surface area contributed by atoms with E-state index in [0.29, 0.717) is 0 Å². The molecule has 2 rings (SSSR count). The van der Waals surface area contributed by atoms with Crippen molar-refractivity contribution in [2.24, 2.45) is 0 Å². The Labute approximate surface area is 109 Å². The van der Waals surface area contributed by atoms with E-state index in [1.165, 1.54) is 7.11 Å². The molecular formula is C9H9F3N6O2. The summed E-state index contributed by atoms with van der Waals surface area (Å²) in [6.45, 7) is -0.390. The van der Waals surface area contributed by atoms with Gasteiger partial charge in [-0.05, 0) is 6.07 Å². The summed E-state index contributed by atoms with van der Waals surface area (Å²) >= 11 is 0. The fourth-order valence-corrected chi connectivity index (χ4v) is 1.31. The molecule has 0 aromatic carbocycles. The summed E-state index contributed by atoms with van der Waals surface area (Å²) in [5, 5.41) is 11.5. The fourth-order valence-electron chi connectivity index (χ4n) is 1.31. The molecule has 0 unspecified atom stereocenters. The molecule has 2 heterocycles. The van der Waals surface area contributed by atoms with Gasteiger partial charge in [-0.1, -0.05) is 0 Å². The minimum Gasteiger partial charge on any atom is -0.466 e. The smallest absolute Gasteiger partial charge is 0.435 e. The monoisotopic (exact) mass is 290 g/mol. The lowest BCUT2D eigenvalue weighted by Crippen LogP contribution is -2.20. The summed E-state index contributed by atoms with van der Waals surface area (Å²) in [5.41, 5.74) is -1.06. The first-order chi connectivity index (χ1) is 9.38. The van der Waals surface area contributed by atoms with Crippen molar-refractivity contribution in [2.45, 2.75) is 12.7 Å². The van der Waals surface area contributed by atoms with Gasteiger partial charge < -0.3 is 4.74 Å². The van der Waals surface area contributed by atoms with Crippen molar-refractivity contribution in [3.05, 3.63) is 18.0 Å². The maximum atomic E-state index is 12.3. The van der Waals surface area contributed by atoms with E-state index < -0.39 is 17.8 Å². The van der Waals surface area contributed by atoms with Gasteiger partial charge in [0.1, 0.15) is 6.54 Å². The average molecular weight is 290 g/mol. The molecule has 2 aromatic heterocycles. The maximum absolute atomic E-state index is 12.3. The quantitative estimate of drug-likeness (QED) is 0.862. The largest absolute Gasteiger partial charge is 0.466 e. The summed E-state index contributed by atoms with van der Waals surface area (Å²) in [7, 11) is 1.34. The molecule has 0 aliphatic rings. The Balaban J connectivity index is 1.96. The number of nitrogens with zero attached hydrogens (tertiary/aromatic N) is 4. The van der Waals surface area contributed by atoms with Crippen molar-refractivity contribution < 1.29 is 22.7 Å². The summed E-state index contributed by atoms with van der Waals surface area (Å²) in [6, 6.07) is 0.809. The zero-order valence-electron chi connectivity index (χ0n) is 10.1. The number of H-pyrrole nitrogens is 1. The number of amides is 1. The molecule has 20 heavy (non-hydrogen) atoms. The number of carbonyl (C=O) groups excluding carboxylic acids is 1. The number of hydrogen-bond donors (Lipinski definition) is 2. The highest BCUT2D eigenvalue weighted by Gasteiger charge is 2.33. The first-order valence-electron chi connectivity index (χ1n) is 5.25. The number of methoxy groups -OCH3 is 1. The minimum atomic E-state index is -4.54. The molecule has 108 valence electrons. The third-order valence-corrected chi connectivity index (χ3v) is 2.14. The lowest BCUT2D eigenvalue weighted by Gasteiger charge is -2.03. The Morgan fingerprint density at radius 2 is 2.30 bits per heavy atom. The maximum Gasteiger partial charge on any atom is 0.435 e. The van der Waals surface area contributed by atoms with Crippen molar-refractivity contribution >= 4 is 11.9 Å². The van der Waals surface area contributed by atoms with Gasteiger partial charge in [-0.2, -0.15) is 23.3 Å². The standard InChI is InChI=1S/C9H9F3N6O2/c1-20-8-14-7(15-16-8)13-6(19)4-18-3-2-5(17-18)9(10,11)12/h2-3H,4H2,1H3,(H2,13,14,15,16,19). The van der Waals surface area contributed by atoms with E-state index in [4.69, 9.17) is 0 Å². The van der Waals surface area contributed by atoms with Gasteiger partial charge in [0.05, 0.1) is 7.11 Å². The van der Waals surface area contributed by atoms with Gasteiger partial charge in [0, 0.05) is 6.20 Å². The molecule has 0 fully saturated rings. The predicted molar refractivity (Wildman–Crippen MR) is 58.8 cm³/mol. The van der Waals surface area contributed by atoms with E-state index >= 15 is 0 Å². The molecule has 0 saturated heterocycles. The number of anilines is 1. The van der Waals surface area contributed by atoms with Gasteiger partial charge in [0.2, 0.25) is 11.9 Å². The van der Waals surface area contributed by atoms with Crippen molar-refractivity contribution in [2.75, 3.05) is 12.4 Å². The van der Waals surface area contributed by atoms with Gasteiger partial charge in [-0.25, -0.2) is 5.10 Å². The zero-order valence-corrected chi connectivity index (χ0v) is 10.1. The normalized spacial score (nSPS) is 11.4. The van der Waals surface area contributed by atoms with Gasteiger partial charge >= 0.3 is 12.2 Å². The Hall–Kier alpha value is -2.59. The topological polar surface area (TPSA) is 97.7 Å². The number of hydrogen-bond acceptors (Lipinski definition) is 5. The molecule has 0 saturated carbocycles. The highest BCUT2D eigenvalue weighted by molar-refractivity contribution is 5.88. The average Bonchev–Trinajstić information content (AvgIpc) is 2.97. The van der Waals surface area contributed by atoms with Crippen LogP contribution in [0.15, 0.2) is 12.3 Å². The third-order valence-electron chi connectivity index (χ3n) is 2.14. The lowest BCUT2D eigenvalue weighted by atomic mass is 10.4. The van der Waals surface area contributed by atoms with Crippen molar-refractivity contribution in [3.8, 4) is 6.01 Å². The number of carbonyl (C=O) groups is 1. The first kappa shape index (κ1) is 13.8. The van der Waals surface area contributed by atoms with Crippen LogP contribution in [0.2, 0.25) is 0 Å². The predicted octanol–water partition coefficient (Wildman–Crippen LogP) is 0.667. The molecular weight excluding hydrogens is 281 g/mol. The molecule has 0 radical (unpaired) electrons. The highest BCUT2D eigenvalue weighted by atomic mass is 19.4. The van der Waals surface area contributed by atoms with Crippen LogP contribution in [0.25, 0.3) is 0 Å². The van der Waals surface area contributed by atoms with Gasteiger partial charge in [0.25, 0.3) is 0 Å². The number of rotatable bonds is 4. The van der Waals surface area contributed by atoms with Crippen LogP contribution in [-0.4, -0.2) is 38.0 Å². The van der Waals surface area contributed by atoms with Crippen LogP contribution in [0.1, 0.15) is 5.69 Å². The third kappa shape index (κ3) is 3.24.